The summed E-state index contributed by atoms with van der Waals surface area (Å²) in [6, 6.07) is 71.8. The molecular weight excluding hydrogens is 709 g/mol. The maximum Gasteiger partial charge on any atom is 0.164 e. The highest BCUT2D eigenvalue weighted by atomic mass is 16.3. The lowest BCUT2D eigenvalue weighted by Crippen LogP contribution is -2.11. The van der Waals surface area contributed by atoms with Crippen LogP contribution in [0.3, 0.4) is 0 Å². The van der Waals surface area contributed by atoms with Crippen molar-refractivity contribution in [2.45, 2.75) is 0 Å². The number of hydrogen-bond acceptors (Lipinski definition) is 5. The van der Waals surface area contributed by atoms with Gasteiger partial charge in [0, 0.05) is 44.1 Å². The maximum atomic E-state index is 6.70. The summed E-state index contributed by atoms with van der Waals surface area (Å²) in [5, 5.41) is 6.72. The number of hydrogen-bond donors (Lipinski definition) is 0. The predicted octanol–water partition coefficient (Wildman–Crippen LogP) is 14.2. The van der Waals surface area contributed by atoms with Crippen LogP contribution in [-0.4, -0.2) is 15.0 Å². The summed E-state index contributed by atoms with van der Waals surface area (Å²) in [4.78, 5) is 17.4. The van der Waals surface area contributed by atoms with Gasteiger partial charge in [-0.2, -0.15) is 0 Å². The zero-order valence-corrected chi connectivity index (χ0v) is 31.3. The average molecular weight is 743 g/mol. The van der Waals surface area contributed by atoms with Crippen LogP contribution in [0.25, 0.3) is 88.8 Å². The monoisotopic (exact) mass is 742 g/mol. The summed E-state index contributed by atoms with van der Waals surface area (Å²) < 4.78 is 6.70. The minimum Gasteiger partial charge on any atom is -0.456 e. The SMILES string of the molecule is c1ccc(-c2nc(-c3ccccc3)nc(-c3cccc4oc5cc(-c6ccccc6N(c6ccc7ccccc7c6)c6cccc7ccccc67)ccc5c34)n2)cc1. The van der Waals surface area contributed by atoms with Gasteiger partial charge in [0.25, 0.3) is 0 Å². The Balaban J connectivity index is 1.08. The van der Waals surface area contributed by atoms with Crippen molar-refractivity contribution in [2.24, 2.45) is 0 Å². The Morgan fingerprint density at radius 1 is 0.345 bits per heavy atom. The molecule has 0 radical (unpaired) electrons. The highest BCUT2D eigenvalue weighted by Gasteiger charge is 2.22. The molecule has 58 heavy (non-hydrogen) atoms. The summed E-state index contributed by atoms with van der Waals surface area (Å²) >= 11 is 0. The van der Waals surface area contributed by atoms with E-state index in [-0.39, 0.29) is 0 Å². The topological polar surface area (TPSA) is 55.1 Å². The molecule has 0 aliphatic rings. The van der Waals surface area contributed by atoms with E-state index in [0.717, 1.165) is 66.8 Å². The molecule has 0 amide bonds. The first-order chi connectivity index (χ1) is 28.7. The third-order valence-corrected chi connectivity index (χ3v) is 10.9. The van der Waals surface area contributed by atoms with Gasteiger partial charge < -0.3 is 9.32 Å². The summed E-state index contributed by atoms with van der Waals surface area (Å²) in [6.45, 7) is 0. The van der Waals surface area contributed by atoms with Crippen LogP contribution in [0.2, 0.25) is 0 Å². The van der Waals surface area contributed by atoms with Crippen molar-refractivity contribution >= 4 is 60.5 Å². The van der Waals surface area contributed by atoms with Gasteiger partial charge in [-0.1, -0.05) is 164 Å². The molecule has 0 atom stereocenters. The van der Waals surface area contributed by atoms with E-state index in [1.165, 1.54) is 21.5 Å². The van der Waals surface area contributed by atoms with Gasteiger partial charge in [0.2, 0.25) is 0 Å². The van der Waals surface area contributed by atoms with E-state index in [0.29, 0.717) is 17.5 Å². The first-order valence-corrected chi connectivity index (χ1v) is 19.4. The maximum absolute atomic E-state index is 6.70. The van der Waals surface area contributed by atoms with Crippen molar-refractivity contribution in [2.75, 3.05) is 4.90 Å². The van der Waals surface area contributed by atoms with Crippen LogP contribution in [0.15, 0.2) is 211 Å². The number of rotatable bonds is 7. The Hall–Kier alpha value is -7.89. The largest absolute Gasteiger partial charge is 0.456 e. The minimum atomic E-state index is 0.594. The zero-order valence-electron chi connectivity index (χ0n) is 31.3. The second kappa shape index (κ2) is 14.0. The Labute approximate surface area is 335 Å². The Morgan fingerprint density at radius 3 is 1.74 bits per heavy atom. The smallest absolute Gasteiger partial charge is 0.164 e. The summed E-state index contributed by atoms with van der Waals surface area (Å²) in [5.74, 6) is 1.84. The second-order valence-corrected chi connectivity index (χ2v) is 14.4. The molecule has 0 fully saturated rings. The molecule has 272 valence electrons. The number of para-hydroxylation sites is 1. The Bertz CT molecular complexity index is 3240. The summed E-state index contributed by atoms with van der Waals surface area (Å²) in [5.41, 5.74) is 9.70. The first-order valence-electron chi connectivity index (χ1n) is 19.4. The zero-order chi connectivity index (χ0) is 38.4. The van der Waals surface area contributed by atoms with E-state index in [2.05, 4.69) is 138 Å². The van der Waals surface area contributed by atoms with Gasteiger partial charge in [0.15, 0.2) is 17.5 Å². The van der Waals surface area contributed by atoms with E-state index in [9.17, 15) is 0 Å². The van der Waals surface area contributed by atoms with Crippen molar-refractivity contribution in [1.29, 1.82) is 0 Å². The molecular formula is C53H34N4O. The molecule has 0 saturated heterocycles. The third-order valence-electron chi connectivity index (χ3n) is 10.9. The lowest BCUT2D eigenvalue weighted by Gasteiger charge is -2.29. The van der Waals surface area contributed by atoms with Crippen LogP contribution in [0.4, 0.5) is 17.1 Å². The van der Waals surface area contributed by atoms with Crippen molar-refractivity contribution < 1.29 is 4.42 Å². The lowest BCUT2D eigenvalue weighted by molar-refractivity contribution is 0.669. The van der Waals surface area contributed by atoms with Crippen LogP contribution in [0.1, 0.15) is 0 Å². The minimum absolute atomic E-state index is 0.594. The van der Waals surface area contributed by atoms with E-state index in [1.807, 2.05) is 72.8 Å². The van der Waals surface area contributed by atoms with Crippen molar-refractivity contribution in [3.8, 4) is 45.3 Å². The van der Waals surface area contributed by atoms with E-state index in [1.54, 1.807) is 0 Å². The van der Waals surface area contributed by atoms with Crippen molar-refractivity contribution in [1.82, 2.24) is 15.0 Å². The van der Waals surface area contributed by atoms with E-state index >= 15 is 0 Å². The van der Waals surface area contributed by atoms with E-state index < -0.39 is 0 Å². The second-order valence-electron chi connectivity index (χ2n) is 14.4. The molecule has 5 heteroatoms. The van der Waals surface area contributed by atoms with Crippen LogP contribution in [0.5, 0.6) is 0 Å². The quantitative estimate of drug-likeness (QED) is 0.163. The van der Waals surface area contributed by atoms with Gasteiger partial charge in [0.1, 0.15) is 11.2 Å². The molecule has 2 aromatic heterocycles. The molecule has 11 rings (SSSR count). The van der Waals surface area contributed by atoms with Crippen LogP contribution in [-0.2, 0) is 0 Å². The van der Waals surface area contributed by atoms with Crippen LogP contribution in [0, 0.1) is 0 Å². The fourth-order valence-corrected chi connectivity index (χ4v) is 8.15. The highest BCUT2D eigenvalue weighted by Crippen LogP contribution is 2.45. The lowest BCUT2D eigenvalue weighted by atomic mass is 9.98. The molecule has 11 aromatic rings. The molecule has 0 aliphatic carbocycles. The standard InChI is InChI=1S/C53H34N4O/c1-3-17-37(18-4-1)51-54-52(38-19-5-2-6-20-38)56-53(55-51)45-25-14-28-48-50(45)44-32-30-40(34-49(44)58-48)43-24-11-12-26-46(43)57(41-31-29-35-15-7-8-21-39(35)33-41)47-27-13-22-36-16-9-10-23-42(36)47/h1-34H. The van der Waals surface area contributed by atoms with Gasteiger partial charge in [-0.15, -0.1) is 0 Å². The van der Waals surface area contributed by atoms with Gasteiger partial charge in [-0.25, -0.2) is 15.0 Å². The summed E-state index contributed by atoms with van der Waals surface area (Å²) in [7, 11) is 0. The number of furan rings is 1. The molecule has 0 saturated carbocycles. The van der Waals surface area contributed by atoms with Crippen molar-refractivity contribution in [3.63, 3.8) is 0 Å². The fraction of sp³-hybridized carbons (Fsp3) is 0. The van der Waals surface area contributed by atoms with Gasteiger partial charge in [0.05, 0.1) is 11.4 Å². The number of fused-ring (bicyclic) bond motifs is 5. The fourth-order valence-electron chi connectivity index (χ4n) is 8.15. The molecule has 9 aromatic carbocycles. The molecule has 5 nitrogen and oxygen atoms in total. The van der Waals surface area contributed by atoms with Crippen LogP contribution < -0.4 is 4.90 Å². The first kappa shape index (κ1) is 33.4. The van der Waals surface area contributed by atoms with E-state index in [4.69, 9.17) is 19.4 Å². The number of nitrogens with zero attached hydrogens (tertiary/aromatic N) is 4. The number of anilines is 3. The third kappa shape index (κ3) is 5.85. The Kier molecular flexibility index (Phi) is 8.07. The number of benzene rings is 9. The van der Waals surface area contributed by atoms with Crippen LogP contribution >= 0.6 is 0 Å². The van der Waals surface area contributed by atoms with Gasteiger partial charge in [-0.3, -0.25) is 0 Å². The predicted molar refractivity (Wildman–Crippen MR) is 239 cm³/mol. The van der Waals surface area contributed by atoms with Crippen molar-refractivity contribution in [3.05, 3.63) is 206 Å². The molecule has 0 unspecified atom stereocenters. The highest BCUT2D eigenvalue weighted by molar-refractivity contribution is 6.13. The molecule has 0 spiro atoms. The molecule has 0 aliphatic heterocycles. The van der Waals surface area contributed by atoms with Gasteiger partial charge in [-0.05, 0) is 64.2 Å². The van der Waals surface area contributed by atoms with Gasteiger partial charge >= 0.3 is 0 Å². The molecule has 2 heterocycles. The molecule has 0 bridgehead atoms. The summed E-state index contributed by atoms with van der Waals surface area (Å²) in [6.07, 6.45) is 0. The molecule has 0 N–H and O–H groups in total. The normalized spacial score (nSPS) is 11.4. The Morgan fingerprint density at radius 2 is 0.948 bits per heavy atom. The average Bonchev–Trinajstić information content (AvgIpc) is 3.68. The number of aromatic nitrogens is 3.